The molecule has 0 aliphatic carbocycles. The van der Waals surface area contributed by atoms with E-state index in [-0.39, 0.29) is 45.4 Å². The van der Waals surface area contributed by atoms with Gasteiger partial charge in [0.1, 0.15) is 23.0 Å². The minimum atomic E-state index is -1.12. The average Bonchev–Trinajstić information content (AvgIpc) is 3.26. The Kier molecular flexibility index (Phi) is 10.9. The molecule has 7 rings (SSSR count). The molecule has 7 aromatic rings. The first kappa shape index (κ1) is 38.1. The van der Waals surface area contributed by atoms with Gasteiger partial charge in [0.15, 0.2) is 23.1 Å². The summed E-state index contributed by atoms with van der Waals surface area (Å²) in [6.07, 6.45) is 0. The van der Waals surface area contributed by atoms with Crippen LogP contribution in [0.4, 0.5) is 0 Å². The van der Waals surface area contributed by atoms with Gasteiger partial charge in [-0.1, -0.05) is 42.5 Å². The lowest BCUT2D eigenvalue weighted by molar-refractivity contribution is 0.0686. The van der Waals surface area contributed by atoms with E-state index in [9.17, 15) is 39.0 Å². The number of carbonyl (C=O) groups excluding carboxylic acids is 4. The molecule has 0 aliphatic rings. The first-order valence-corrected chi connectivity index (χ1v) is 17.7. The Bertz CT molecular complexity index is 2530. The van der Waals surface area contributed by atoms with Crippen LogP contribution in [0.2, 0.25) is 0 Å². The van der Waals surface area contributed by atoms with Crippen LogP contribution in [0.5, 0.6) is 23.0 Å². The summed E-state index contributed by atoms with van der Waals surface area (Å²) in [4.78, 5) is 75.1. The Morgan fingerprint density at radius 2 is 0.483 bits per heavy atom. The van der Waals surface area contributed by atoms with Crippen molar-refractivity contribution in [2.45, 2.75) is 0 Å². The molecular formula is C48H30O10. The van der Waals surface area contributed by atoms with Crippen LogP contribution in [0.3, 0.4) is 0 Å². The van der Waals surface area contributed by atoms with Crippen molar-refractivity contribution in [3.05, 3.63) is 225 Å². The molecule has 0 saturated carbocycles. The van der Waals surface area contributed by atoms with Crippen molar-refractivity contribution in [3.8, 4) is 23.0 Å². The second-order valence-electron chi connectivity index (χ2n) is 13.0. The second-order valence-corrected chi connectivity index (χ2v) is 13.0. The molecule has 0 spiro atoms. The number of carboxylic acids is 2. The lowest BCUT2D eigenvalue weighted by Crippen LogP contribution is -2.06. The van der Waals surface area contributed by atoms with E-state index in [1.807, 2.05) is 0 Å². The molecule has 0 aliphatic heterocycles. The standard InChI is InChI=1S/C48H30O10/c49-43(29-10-18-39(19-11-29)57-41-22-14-31(15-23-41)45(51)35-6-2-8-37(27-35)47(53)54)33-4-1-5-34(26-33)44(50)30-12-20-40(21-13-30)58-42-24-16-32(17-25-42)46(52)36-7-3-9-38(28-36)48(55)56/h1-28H,(H,53,54)(H,55,56). The summed E-state index contributed by atoms with van der Waals surface area (Å²) in [6, 6.07) is 43.9. The van der Waals surface area contributed by atoms with Gasteiger partial charge in [0, 0.05) is 44.5 Å². The van der Waals surface area contributed by atoms with Crippen LogP contribution >= 0.6 is 0 Å². The fraction of sp³-hybridized carbons (Fsp3) is 0. The molecule has 282 valence electrons. The molecule has 0 radical (unpaired) electrons. The number of carboxylic acid groups (broad SMARTS) is 2. The van der Waals surface area contributed by atoms with Gasteiger partial charge in [0.25, 0.3) is 0 Å². The third-order valence-corrected chi connectivity index (χ3v) is 9.07. The van der Waals surface area contributed by atoms with Gasteiger partial charge in [-0.3, -0.25) is 19.2 Å². The van der Waals surface area contributed by atoms with Gasteiger partial charge < -0.3 is 19.7 Å². The molecule has 0 aromatic heterocycles. The van der Waals surface area contributed by atoms with Crippen LogP contribution in [0.15, 0.2) is 170 Å². The van der Waals surface area contributed by atoms with Gasteiger partial charge in [0.2, 0.25) is 0 Å². The molecule has 2 N–H and O–H groups in total. The Labute approximate surface area is 331 Å². The van der Waals surface area contributed by atoms with E-state index in [0.717, 1.165) is 0 Å². The predicted molar refractivity (Wildman–Crippen MR) is 213 cm³/mol. The minimum Gasteiger partial charge on any atom is -0.478 e. The number of benzene rings is 7. The highest BCUT2D eigenvalue weighted by atomic mass is 16.5. The Morgan fingerprint density at radius 3 is 0.707 bits per heavy atom. The van der Waals surface area contributed by atoms with Crippen LogP contribution in [0.1, 0.15) is 84.4 Å². The maximum absolute atomic E-state index is 13.4. The minimum absolute atomic E-state index is 0.0212. The summed E-state index contributed by atoms with van der Waals surface area (Å²) in [5, 5.41) is 18.4. The Balaban J connectivity index is 0.951. The van der Waals surface area contributed by atoms with E-state index in [0.29, 0.717) is 56.4 Å². The first-order valence-electron chi connectivity index (χ1n) is 17.7. The number of hydrogen-bond acceptors (Lipinski definition) is 8. The highest BCUT2D eigenvalue weighted by Crippen LogP contribution is 2.26. The zero-order valence-electron chi connectivity index (χ0n) is 30.3. The van der Waals surface area contributed by atoms with Crippen LogP contribution in [0.25, 0.3) is 0 Å². The molecule has 10 nitrogen and oxygen atoms in total. The van der Waals surface area contributed by atoms with E-state index in [2.05, 4.69) is 0 Å². The molecule has 7 aromatic carbocycles. The summed E-state index contributed by atoms with van der Waals surface area (Å²) in [7, 11) is 0. The summed E-state index contributed by atoms with van der Waals surface area (Å²) in [5.74, 6) is -1.66. The van der Waals surface area contributed by atoms with Crippen molar-refractivity contribution in [3.63, 3.8) is 0 Å². The molecule has 10 heteroatoms. The van der Waals surface area contributed by atoms with E-state index >= 15 is 0 Å². The van der Waals surface area contributed by atoms with Crippen LogP contribution in [0, 0.1) is 0 Å². The molecular weight excluding hydrogens is 737 g/mol. The zero-order valence-corrected chi connectivity index (χ0v) is 30.3. The first-order chi connectivity index (χ1) is 28.0. The fourth-order valence-electron chi connectivity index (χ4n) is 6.02. The van der Waals surface area contributed by atoms with Crippen molar-refractivity contribution in [1.82, 2.24) is 0 Å². The molecule has 0 saturated heterocycles. The Hall–Kier alpha value is -8.24. The number of aromatic carboxylic acids is 2. The number of ketones is 4. The number of ether oxygens (including phenoxy) is 2. The molecule has 0 heterocycles. The van der Waals surface area contributed by atoms with E-state index in [1.54, 1.807) is 133 Å². The van der Waals surface area contributed by atoms with Gasteiger partial charge in [-0.05, 0) is 127 Å². The lowest BCUT2D eigenvalue weighted by Gasteiger charge is -2.09. The maximum atomic E-state index is 13.4. The van der Waals surface area contributed by atoms with Crippen molar-refractivity contribution in [1.29, 1.82) is 0 Å². The normalized spacial score (nSPS) is 10.6. The molecule has 0 unspecified atom stereocenters. The predicted octanol–water partition coefficient (Wildman–Crippen LogP) is 9.59. The monoisotopic (exact) mass is 766 g/mol. The summed E-state index contributed by atoms with van der Waals surface area (Å²) < 4.78 is 11.8. The topological polar surface area (TPSA) is 161 Å². The van der Waals surface area contributed by atoms with Crippen molar-refractivity contribution in [2.75, 3.05) is 0 Å². The van der Waals surface area contributed by atoms with Crippen LogP contribution < -0.4 is 9.47 Å². The third kappa shape index (κ3) is 8.67. The van der Waals surface area contributed by atoms with Crippen LogP contribution in [-0.2, 0) is 0 Å². The quantitative estimate of drug-likeness (QED) is 0.102. The smallest absolute Gasteiger partial charge is 0.335 e. The van der Waals surface area contributed by atoms with E-state index in [1.165, 1.54) is 36.4 Å². The largest absolute Gasteiger partial charge is 0.478 e. The zero-order chi connectivity index (χ0) is 40.8. The molecule has 58 heavy (non-hydrogen) atoms. The maximum Gasteiger partial charge on any atom is 0.335 e. The van der Waals surface area contributed by atoms with Crippen LogP contribution in [-0.4, -0.2) is 45.3 Å². The fourth-order valence-corrected chi connectivity index (χ4v) is 6.02. The summed E-state index contributed by atoms with van der Waals surface area (Å²) in [6.45, 7) is 0. The summed E-state index contributed by atoms with van der Waals surface area (Å²) >= 11 is 0. The van der Waals surface area contributed by atoms with Crippen molar-refractivity contribution >= 4 is 35.1 Å². The number of hydrogen-bond donors (Lipinski definition) is 2. The van der Waals surface area contributed by atoms with Crippen molar-refractivity contribution in [2.24, 2.45) is 0 Å². The third-order valence-electron chi connectivity index (χ3n) is 9.07. The van der Waals surface area contributed by atoms with Gasteiger partial charge in [-0.15, -0.1) is 0 Å². The molecule has 0 amide bonds. The lowest BCUT2D eigenvalue weighted by atomic mass is 9.97. The highest BCUT2D eigenvalue weighted by Gasteiger charge is 2.17. The molecule has 0 bridgehead atoms. The molecule has 0 atom stereocenters. The Morgan fingerprint density at radius 1 is 0.276 bits per heavy atom. The SMILES string of the molecule is O=C(O)c1cccc(C(=O)c2ccc(Oc3ccc(C(=O)c4cccc(C(=O)c5ccc(Oc6ccc(C(=O)c7cccc(C(=O)O)c7)cc6)cc5)c4)cc3)cc2)c1. The second kappa shape index (κ2) is 16.6. The molecule has 0 fully saturated rings. The number of carbonyl (C=O) groups is 6. The highest BCUT2D eigenvalue weighted by molar-refractivity contribution is 6.13. The van der Waals surface area contributed by atoms with Gasteiger partial charge in [-0.25, -0.2) is 9.59 Å². The van der Waals surface area contributed by atoms with Gasteiger partial charge >= 0.3 is 11.9 Å². The van der Waals surface area contributed by atoms with Gasteiger partial charge in [0.05, 0.1) is 11.1 Å². The van der Waals surface area contributed by atoms with E-state index in [4.69, 9.17) is 9.47 Å². The van der Waals surface area contributed by atoms with Crippen molar-refractivity contribution < 1.29 is 48.5 Å². The average molecular weight is 767 g/mol. The van der Waals surface area contributed by atoms with Gasteiger partial charge in [-0.2, -0.15) is 0 Å². The summed E-state index contributed by atoms with van der Waals surface area (Å²) in [5.41, 5.74) is 2.70. The van der Waals surface area contributed by atoms with E-state index < -0.39 is 11.9 Å². The number of rotatable bonds is 14.